The lowest BCUT2D eigenvalue weighted by molar-refractivity contribution is -0.131. The van der Waals surface area contributed by atoms with Gasteiger partial charge in [-0.2, -0.15) is 0 Å². The average Bonchev–Trinajstić information content (AvgIpc) is 3.28. The molecule has 160 valence electrons. The van der Waals surface area contributed by atoms with E-state index in [1.807, 2.05) is 30.1 Å². The van der Waals surface area contributed by atoms with Crippen LogP contribution in [0.4, 0.5) is 4.39 Å². The summed E-state index contributed by atoms with van der Waals surface area (Å²) in [5, 5.41) is 0. The summed E-state index contributed by atoms with van der Waals surface area (Å²) in [6, 6.07) is 19.6. The molecule has 3 nitrogen and oxygen atoms in total. The summed E-state index contributed by atoms with van der Waals surface area (Å²) in [4.78, 5) is 17.0. The summed E-state index contributed by atoms with van der Waals surface area (Å²) in [6.45, 7) is 6.52. The van der Waals surface area contributed by atoms with Gasteiger partial charge in [0.1, 0.15) is 0 Å². The Morgan fingerprint density at radius 2 is 1.62 bits per heavy atom. The predicted octanol–water partition coefficient (Wildman–Crippen LogP) is 6.19. The van der Waals surface area contributed by atoms with Crippen LogP contribution in [0.25, 0.3) is 11.1 Å². The number of likely N-dealkylation sites (tertiary alicyclic amines) is 1. The Bertz CT molecular complexity index is 711. The summed E-state index contributed by atoms with van der Waals surface area (Å²) < 4.78 is 9.50. The van der Waals surface area contributed by atoms with Gasteiger partial charge in [0.15, 0.2) is 0 Å². The number of carbonyl (C=O) groups excluding carboxylic acids is 1. The van der Waals surface area contributed by atoms with Gasteiger partial charge >= 0.3 is 0 Å². The molecule has 6 heteroatoms. The van der Waals surface area contributed by atoms with Crippen LogP contribution in [0.5, 0.6) is 0 Å². The summed E-state index contributed by atoms with van der Waals surface area (Å²) in [5.74, 6) is 0.211. The fourth-order valence-electron chi connectivity index (χ4n) is 3.50. The van der Waals surface area contributed by atoms with Crippen molar-refractivity contribution in [3.05, 3.63) is 60.2 Å². The first-order chi connectivity index (χ1) is 14.0. The van der Waals surface area contributed by atoms with Crippen LogP contribution < -0.4 is 0 Å². The third-order valence-electron chi connectivity index (χ3n) is 5.28. The van der Waals surface area contributed by atoms with Crippen molar-refractivity contribution in [3.8, 4) is 11.1 Å². The van der Waals surface area contributed by atoms with Crippen LogP contribution in [0.2, 0.25) is 0 Å². The molecule has 29 heavy (non-hydrogen) atoms. The highest BCUT2D eigenvalue weighted by Crippen LogP contribution is 2.21. The number of alkyl halides is 1. The van der Waals surface area contributed by atoms with Gasteiger partial charge in [-0.15, -0.1) is 0 Å². The monoisotopic (exact) mass is 624 g/mol. The lowest BCUT2D eigenvalue weighted by Crippen LogP contribution is -2.40. The van der Waals surface area contributed by atoms with E-state index in [0.29, 0.717) is 25.7 Å². The molecule has 0 N–H and O–H groups in total. The Morgan fingerprint density at radius 1 is 1.07 bits per heavy atom. The van der Waals surface area contributed by atoms with E-state index in [0.717, 1.165) is 25.1 Å². The van der Waals surface area contributed by atoms with Crippen molar-refractivity contribution in [1.82, 2.24) is 9.80 Å². The summed E-state index contributed by atoms with van der Waals surface area (Å²) in [6.07, 6.45) is 1.55. The molecule has 0 spiro atoms. The molecule has 0 radical (unpaired) electrons. The van der Waals surface area contributed by atoms with Crippen LogP contribution in [0.15, 0.2) is 54.6 Å². The molecule has 0 bridgehead atoms. The Hall–Kier alpha value is -0.740. The average molecular weight is 624 g/mol. The van der Waals surface area contributed by atoms with Crippen molar-refractivity contribution in [2.75, 3.05) is 27.3 Å². The molecule has 1 saturated heterocycles. The second kappa shape index (κ2) is 14.3. The van der Waals surface area contributed by atoms with E-state index in [9.17, 15) is 9.18 Å². The van der Waals surface area contributed by atoms with E-state index < -0.39 is 0 Å². The number of benzene rings is 2. The van der Waals surface area contributed by atoms with E-state index >= 15 is 0 Å². The second-order valence-corrected chi connectivity index (χ2v) is 7.28. The van der Waals surface area contributed by atoms with E-state index in [1.165, 1.54) is 11.1 Å². The van der Waals surface area contributed by atoms with Crippen molar-refractivity contribution < 1.29 is 9.18 Å². The van der Waals surface area contributed by atoms with Crippen molar-refractivity contribution in [2.45, 2.75) is 38.8 Å². The zero-order valence-electron chi connectivity index (χ0n) is 17.6. The number of likely N-dealkylation sites (N-methyl/N-ethyl adjacent to an activating group) is 1. The molecule has 1 fully saturated rings. The quantitative estimate of drug-likeness (QED) is 0.371. The third-order valence-corrected chi connectivity index (χ3v) is 5.28. The highest BCUT2D eigenvalue weighted by molar-refractivity contribution is 15.0. The third kappa shape index (κ3) is 8.13. The normalized spacial score (nSPS) is 15.8. The molecular weight excluding hydrogens is 593 g/mol. The first-order valence-corrected chi connectivity index (χ1v) is 16.0. The first kappa shape index (κ1) is 26.3. The van der Waals surface area contributed by atoms with Gasteiger partial charge in [0.05, 0.1) is 13.6 Å². The molecular formula is C23H31FI2N2O. The molecule has 1 aliphatic rings. The molecule has 3 rings (SSSR count). The predicted molar refractivity (Wildman–Crippen MR) is 139 cm³/mol. The number of halogens is 3. The molecule has 2 aromatic carbocycles. The molecule has 1 unspecified atom stereocenters. The smallest absolute Gasteiger partial charge is 0.227 e. The summed E-state index contributed by atoms with van der Waals surface area (Å²) >= 11 is 4.24. The summed E-state index contributed by atoms with van der Waals surface area (Å²) in [5.41, 5.74) is 3.47. The van der Waals surface area contributed by atoms with Crippen LogP contribution in [-0.4, -0.2) is 55.1 Å². The van der Waals surface area contributed by atoms with Crippen LogP contribution in [0, 0.1) is 0 Å². The highest BCUT2D eigenvalue weighted by atomic mass is 128. The van der Waals surface area contributed by atoms with Crippen molar-refractivity contribution >= 4 is 43.1 Å². The van der Waals surface area contributed by atoms with Crippen LogP contribution >= 0.6 is 37.2 Å². The van der Waals surface area contributed by atoms with Gasteiger partial charge in [0.2, 0.25) is 5.91 Å². The molecule has 1 heterocycles. The molecule has 0 saturated carbocycles. The molecule has 1 aliphatic heterocycles. The first-order valence-electron chi connectivity index (χ1n) is 9.70. The molecule has 0 aromatic heterocycles. The number of hydrogen-bond acceptors (Lipinski definition) is 2. The van der Waals surface area contributed by atoms with E-state index in [4.69, 9.17) is 0 Å². The van der Waals surface area contributed by atoms with E-state index in [1.54, 1.807) is 0 Å². The highest BCUT2D eigenvalue weighted by Gasteiger charge is 2.29. The molecule has 1 amide bonds. The van der Waals surface area contributed by atoms with Gasteiger partial charge in [-0.1, -0.05) is 54.6 Å². The maximum absolute atomic E-state index is 12.6. The van der Waals surface area contributed by atoms with Gasteiger partial charge in [0.25, 0.3) is 0 Å². The lowest BCUT2D eigenvalue weighted by Gasteiger charge is -2.26. The SMILES string of the molecule is CC(C)N1CCC(N(C)C(=O)Cc2ccc(-c3ccccc3)cc2)C1.CF.II. The van der Waals surface area contributed by atoms with E-state index in [2.05, 4.69) is 92.4 Å². The second-order valence-electron chi connectivity index (χ2n) is 7.28. The Labute approximate surface area is 198 Å². The number of hydrogen-bond donors (Lipinski definition) is 0. The molecule has 1 atom stereocenters. The van der Waals surface area contributed by atoms with Gasteiger partial charge in [0, 0.05) is 69.5 Å². The standard InChI is InChI=1S/C22H28N2O.CH3F.I2/c1-17(2)24-14-13-21(16-24)23(3)22(25)15-18-9-11-20(12-10-18)19-7-5-4-6-8-19;2*1-2/h4-12,17,21H,13-16H2,1-3H3;1H3;. The lowest BCUT2D eigenvalue weighted by atomic mass is 10.0. The van der Waals surface area contributed by atoms with Crippen molar-refractivity contribution in [3.63, 3.8) is 0 Å². The fourth-order valence-corrected chi connectivity index (χ4v) is 3.50. The maximum Gasteiger partial charge on any atom is 0.227 e. The van der Waals surface area contributed by atoms with Crippen molar-refractivity contribution in [1.29, 1.82) is 0 Å². The summed E-state index contributed by atoms with van der Waals surface area (Å²) in [7, 11) is 2.45. The minimum Gasteiger partial charge on any atom is -0.341 e. The fraction of sp³-hybridized carbons (Fsp3) is 0.435. The minimum atomic E-state index is 0.211. The van der Waals surface area contributed by atoms with Crippen LogP contribution in [0.3, 0.4) is 0 Å². The van der Waals surface area contributed by atoms with Crippen molar-refractivity contribution in [2.24, 2.45) is 0 Å². The van der Waals surface area contributed by atoms with Crippen LogP contribution in [0.1, 0.15) is 25.8 Å². The Balaban J connectivity index is 0.000000989. The van der Waals surface area contributed by atoms with Gasteiger partial charge in [-0.3, -0.25) is 14.1 Å². The number of rotatable bonds is 5. The van der Waals surface area contributed by atoms with Crippen LogP contribution in [-0.2, 0) is 11.2 Å². The van der Waals surface area contributed by atoms with Gasteiger partial charge in [-0.05, 0) is 37.0 Å². The topological polar surface area (TPSA) is 23.6 Å². The van der Waals surface area contributed by atoms with Gasteiger partial charge in [-0.25, -0.2) is 0 Å². The largest absolute Gasteiger partial charge is 0.341 e. The number of carbonyl (C=O) groups is 1. The number of amides is 1. The maximum atomic E-state index is 12.6. The zero-order valence-corrected chi connectivity index (χ0v) is 21.9. The number of nitrogens with zero attached hydrogens (tertiary/aromatic N) is 2. The zero-order chi connectivity index (χ0) is 21.8. The minimum absolute atomic E-state index is 0.211. The van der Waals surface area contributed by atoms with E-state index in [-0.39, 0.29) is 5.91 Å². The molecule has 2 aromatic rings. The van der Waals surface area contributed by atoms with Gasteiger partial charge < -0.3 is 4.90 Å². The molecule has 0 aliphatic carbocycles. The Kier molecular flexibility index (Phi) is 13.0. The Morgan fingerprint density at radius 3 is 2.14 bits per heavy atom.